The molecule has 3 saturated carbocycles. The average molecular weight is 1160 g/mol. The molecule has 2 aromatic heterocycles. The quantitative estimate of drug-likeness (QED) is 0.151. The van der Waals surface area contributed by atoms with Gasteiger partial charge in [0.25, 0.3) is 5.91 Å². The largest absolute Gasteiger partial charge is 0.464 e. The van der Waals surface area contributed by atoms with Crippen molar-refractivity contribution in [3.05, 3.63) is 45.5 Å². The van der Waals surface area contributed by atoms with Crippen molar-refractivity contribution in [1.29, 1.82) is 0 Å². The number of morpholine rings is 1. The van der Waals surface area contributed by atoms with Gasteiger partial charge in [-0.2, -0.15) is 13.2 Å². The molecule has 3 N–H and O–H groups in total. The molecule has 1 aromatic carbocycles. The van der Waals surface area contributed by atoms with E-state index in [2.05, 4.69) is 30.8 Å². The minimum absolute atomic E-state index is 0.0535. The van der Waals surface area contributed by atoms with Gasteiger partial charge in [-0.1, -0.05) is 32.8 Å². The molecule has 82 heavy (non-hydrogen) atoms. The number of aliphatic imine (C=N–C) groups is 1. The Morgan fingerprint density at radius 3 is 2.45 bits per heavy atom. The summed E-state index contributed by atoms with van der Waals surface area (Å²) in [4.78, 5) is 77.3. The van der Waals surface area contributed by atoms with E-state index in [1.165, 1.54) is 46.6 Å². The van der Waals surface area contributed by atoms with Crippen LogP contribution in [0.4, 0.5) is 13.2 Å². The second-order valence-electron chi connectivity index (χ2n) is 26.2. The van der Waals surface area contributed by atoms with Crippen molar-refractivity contribution in [2.24, 2.45) is 22.2 Å². The minimum Gasteiger partial charge on any atom is -0.464 e. The van der Waals surface area contributed by atoms with Crippen LogP contribution >= 0.6 is 11.3 Å². The summed E-state index contributed by atoms with van der Waals surface area (Å²) in [6, 6.07) is 3.70. The van der Waals surface area contributed by atoms with Gasteiger partial charge in [-0.05, 0) is 101 Å². The third kappa shape index (κ3) is 11.6. The summed E-state index contributed by atoms with van der Waals surface area (Å²) in [6.07, 6.45) is 7.04. The normalized spacial score (nSPS) is 29.4. The van der Waals surface area contributed by atoms with E-state index in [1.807, 2.05) is 49.4 Å². The highest BCUT2D eigenvalue weighted by molar-refractivity contribution is 7.10. The summed E-state index contributed by atoms with van der Waals surface area (Å²) in [5.41, 5.74) is 5.96. The average Bonchev–Trinajstić information content (AvgIpc) is 4.54. The second-order valence-corrected chi connectivity index (χ2v) is 27.1. The topological polar surface area (TPSA) is 188 Å². The molecule has 1 unspecified atom stereocenters. The van der Waals surface area contributed by atoms with Crippen LogP contribution in [0.5, 0.6) is 0 Å². The van der Waals surface area contributed by atoms with Crippen LogP contribution < -0.4 is 16.1 Å². The van der Waals surface area contributed by atoms with Gasteiger partial charge in [-0.25, -0.2) is 10.4 Å². The molecule has 6 bridgehead atoms. The number of esters is 1. The number of halogens is 3. The number of benzene rings is 1. The van der Waals surface area contributed by atoms with Crippen LogP contribution in [-0.4, -0.2) is 203 Å². The maximum atomic E-state index is 15.2. The number of fused-ring (bicyclic) bond motifs is 6. The zero-order valence-corrected chi connectivity index (χ0v) is 48.6. The summed E-state index contributed by atoms with van der Waals surface area (Å²) in [6.45, 7) is 10.7. The van der Waals surface area contributed by atoms with Gasteiger partial charge in [0.1, 0.15) is 30.3 Å². The number of carbonyl (C=O) groups is 4. The molecule has 13 rings (SSSR count). The number of aromatic nitrogens is 2. The number of alkyl halides is 3. The van der Waals surface area contributed by atoms with E-state index in [4.69, 9.17) is 24.2 Å². The van der Waals surface area contributed by atoms with Gasteiger partial charge in [-0.15, -0.1) is 11.3 Å². The molecule has 3 aliphatic carbocycles. The van der Waals surface area contributed by atoms with E-state index in [-0.39, 0.29) is 55.3 Å². The lowest BCUT2D eigenvalue weighted by Gasteiger charge is -2.55. The molecule has 1 spiro atoms. The fourth-order valence-corrected chi connectivity index (χ4v) is 15.6. The Morgan fingerprint density at radius 1 is 0.951 bits per heavy atom. The van der Waals surface area contributed by atoms with Gasteiger partial charge in [0.05, 0.1) is 60.5 Å². The Hall–Kier alpha value is -4.81. The Bertz CT molecular complexity index is 3010. The molecule has 9 heterocycles. The van der Waals surface area contributed by atoms with Crippen molar-refractivity contribution in [2.45, 2.75) is 171 Å². The van der Waals surface area contributed by atoms with Gasteiger partial charge in [0.2, 0.25) is 11.8 Å². The number of amides is 3. The molecule has 3 aromatic rings. The standard InChI is InChI=1S/C60H80F3N11O7S/c1-35(79-4)49-42(25-40(28-64-49)70-20-18-69(19-21-70)39-14-15-39)53-43-27-58(2,3)34-80-57(78)44-10-7-17-74(68-44)55(76)45(26-48-65-46(29-82-48)38-13-16-47(41(43)24-38)73(53)33-60(61,62)63)66-54(75)52(37-8-5-6-9-37)71-22-23-81-59(30-71)31-72(32-59)56(77)51-50(67-51)36-11-12-36/h13,16,24,28-29,35-37,39-40,44-45,50-52,67-68H,5-12,14-15,17-23,25-27,30-34H2,1-4H3,(H,66,75)/t35-,40?,44-,45-,50+,51+,52-/m0/s1. The number of ether oxygens (including phenoxy) is 3. The predicted molar refractivity (Wildman–Crippen MR) is 304 cm³/mol. The van der Waals surface area contributed by atoms with Crippen LogP contribution in [0.3, 0.4) is 0 Å². The fraction of sp³-hybridized carbons (Fsp3) is 0.700. The van der Waals surface area contributed by atoms with E-state index >= 15 is 22.8 Å². The number of rotatable bonds is 12. The number of hydrazine groups is 1. The monoisotopic (exact) mass is 1160 g/mol. The molecule has 8 fully saturated rings. The zero-order chi connectivity index (χ0) is 56.8. The van der Waals surface area contributed by atoms with Crippen molar-refractivity contribution in [3.8, 4) is 11.3 Å². The lowest BCUT2D eigenvalue weighted by Crippen LogP contribution is -2.73. The molecule has 22 heteroatoms. The van der Waals surface area contributed by atoms with Crippen LogP contribution in [0.1, 0.15) is 108 Å². The number of nitrogens with zero attached hydrogens (tertiary/aromatic N) is 8. The van der Waals surface area contributed by atoms with Gasteiger partial charge in [0, 0.05) is 117 Å². The number of carbonyl (C=O) groups excluding carboxylic acids is 4. The molecule has 7 aliphatic heterocycles. The fourth-order valence-electron chi connectivity index (χ4n) is 14.7. The molecule has 0 radical (unpaired) electrons. The summed E-state index contributed by atoms with van der Waals surface area (Å²) < 4.78 is 65.6. The van der Waals surface area contributed by atoms with E-state index in [0.29, 0.717) is 120 Å². The third-order valence-electron chi connectivity index (χ3n) is 19.4. The number of methoxy groups -OCH3 is 1. The molecular formula is C60H80F3N11O7S. The number of likely N-dealkylation sites (tertiary alicyclic amines) is 1. The second kappa shape index (κ2) is 22.2. The van der Waals surface area contributed by atoms with Gasteiger partial charge in [0.15, 0.2) is 0 Å². The van der Waals surface area contributed by atoms with Gasteiger partial charge >= 0.3 is 12.1 Å². The van der Waals surface area contributed by atoms with Crippen molar-refractivity contribution in [1.82, 2.24) is 50.2 Å². The molecule has 5 saturated heterocycles. The molecule has 3 amide bonds. The number of thiazole rings is 1. The number of cyclic esters (lactones) is 1. The molecule has 444 valence electrons. The third-order valence-corrected chi connectivity index (χ3v) is 20.3. The summed E-state index contributed by atoms with van der Waals surface area (Å²) in [5, 5.41) is 11.2. The molecular weight excluding hydrogens is 1080 g/mol. The highest BCUT2D eigenvalue weighted by Crippen LogP contribution is 2.45. The van der Waals surface area contributed by atoms with E-state index in [1.54, 1.807) is 13.2 Å². The smallest absolute Gasteiger partial charge is 0.406 e. The van der Waals surface area contributed by atoms with Crippen LogP contribution in [-0.2, 0) is 52.8 Å². The van der Waals surface area contributed by atoms with Crippen LogP contribution in [0, 0.1) is 17.3 Å². The highest BCUT2D eigenvalue weighted by Gasteiger charge is 2.58. The highest BCUT2D eigenvalue weighted by atomic mass is 32.1. The number of nitrogens with one attached hydrogen (secondary N) is 3. The molecule has 7 atom stereocenters. The SMILES string of the molecule is CO[C@@H](C)C1=C(c2c3c4cc(ccc4n2CC(F)(F)F)-c2csc(n2)C[C@H](NC(=O)[C@H](C2CCCC2)N2CCOC4(CN(C(=O)[C@@H]5N[C@@H]5C5CC5)C4)C2)C(=O)N2CCC[C@H](N2)C(=O)OCC(C)(C)C3)CC(N2CCN(C3CC3)CC2)C=N1. The number of hydrogen-bond donors (Lipinski definition) is 3. The summed E-state index contributed by atoms with van der Waals surface area (Å²) in [5.74, 6) is -0.401. The van der Waals surface area contributed by atoms with Crippen molar-refractivity contribution >= 4 is 57.7 Å². The first-order valence-electron chi connectivity index (χ1n) is 30.3. The molecule has 18 nitrogen and oxygen atoms in total. The maximum absolute atomic E-state index is 15.2. The predicted octanol–water partition coefficient (Wildman–Crippen LogP) is 5.57. The van der Waals surface area contributed by atoms with E-state index < -0.39 is 59.8 Å². The Morgan fingerprint density at radius 2 is 1.72 bits per heavy atom. The first-order chi connectivity index (χ1) is 39.4. The lowest BCUT2D eigenvalue weighted by atomic mass is 9.83. The van der Waals surface area contributed by atoms with Crippen LogP contribution in [0.15, 0.2) is 34.3 Å². The Balaban J connectivity index is 0.832. The summed E-state index contributed by atoms with van der Waals surface area (Å²) >= 11 is 1.36. The van der Waals surface area contributed by atoms with Crippen molar-refractivity contribution < 1.29 is 46.6 Å². The van der Waals surface area contributed by atoms with Crippen LogP contribution in [0.25, 0.3) is 27.7 Å². The first kappa shape index (κ1) is 56.3. The van der Waals surface area contributed by atoms with Crippen molar-refractivity contribution in [3.63, 3.8) is 0 Å². The molecule has 10 aliphatic rings. The van der Waals surface area contributed by atoms with Gasteiger partial charge < -0.3 is 29.0 Å². The lowest BCUT2D eigenvalue weighted by molar-refractivity contribution is -0.197. The first-order valence-corrected chi connectivity index (χ1v) is 31.2. The maximum Gasteiger partial charge on any atom is 0.406 e. The van der Waals surface area contributed by atoms with Gasteiger partial charge in [-0.3, -0.25) is 49.2 Å². The summed E-state index contributed by atoms with van der Waals surface area (Å²) in [7, 11) is 1.59. The Labute approximate surface area is 481 Å². The Kier molecular flexibility index (Phi) is 15.3. The number of piperazine rings is 1. The number of hydrogen-bond acceptors (Lipinski definition) is 15. The van der Waals surface area contributed by atoms with Crippen molar-refractivity contribution in [2.75, 3.05) is 79.2 Å². The zero-order valence-electron chi connectivity index (χ0n) is 47.8. The minimum atomic E-state index is -4.58. The van der Waals surface area contributed by atoms with E-state index in [9.17, 15) is 9.59 Å². The van der Waals surface area contributed by atoms with Crippen LogP contribution in [0.2, 0.25) is 0 Å². The van der Waals surface area contributed by atoms with E-state index in [0.717, 1.165) is 51.9 Å².